The molecule has 1 aromatic carbocycles. The first-order valence-electron chi connectivity index (χ1n) is 6.32. The lowest BCUT2D eigenvalue weighted by molar-refractivity contribution is -0.385. The van der Waals surface area contributed by atoms with Gasteiger partial charge in [-0.2, -0.15) is 5.26 Å². The Labute approximate surface area is 126 Å². The summed E-state index contributed by atoms with van der Waals surface area (Å²) >= 11 is 0. The molecule has 0 spiro atoms. The topological polar surface area (TPSA) is 120 Å². The van der Waals surface area contributed by atoms with Crippen LogP contribution in [0.2, 0.25) is 0 Å². The van der Waals surface area contributed by atoms with E-state index in [-0.39, 0.29) is 12.2 Å². The molecular formula is C14H14N2O6. The summed E-state index contributed by atoms with van der Waals surface area (Å²) in [5, 5.41) is 20.6. The zero-order valence-electron chi connectivity index (χ0n) is 12.1. The molecule has 0 bridgehead atoms. The van der Waals surface area contributed by atoms with E-state index < -0.39 is 34.4 Å². The van der Waals surface area contributed by atoms with Gasteiger partial charge in [0.25, 0.3) is 5.69 Å². The fraction of sp³-hybridized carbons (Fsp3) is 0.357. The van der Waals surface area contributed by atoms with Crippen molar-refractivity contribution < 1.29 is 24.0 Å². The number of benzene rings is 1. The fourth-order valence-electron chi connectivity index (χ4n) is 2.02. The molecule has 0 aromatic heterocycles. The quantitative estimate of drug-likeness (QED) is 0.443. The minimum atomic E-state index is -2.13. The molecule has 1 atom stereocenters. The van der Waals surface area contributed by atoms with Gasteiger partial charge in [0.2, 0.25) is 0 Å². The zero-order valence-corrected chi connectivity index (χ0v) is 12.1. The summed E-state index contributed by atoms with van der Waals surface area (Å²) in [6.45, 7) is 1.62. The molecule has 0 fully saturated rings. The van der Waals surface area contributed by atoms with E-state index in [1.54, 1.807) is 13.0 Å². The third-order valence-electron chi connectivity index (χ3n) is 3.00. The maximum absolute atomic E-state index is 12.1. The molecule has 0 aliphatic heterocycles. The Morgan fingerprint density at radius 3 is 2.55 bits per heavy atom. The first-order chi connectivity index (χ1) is 10.4. The number of esters is 2. The highest BCUT2D eigenvalue weighted by atomic mass is 16.6. The summed E-state index contributed by atoms with van der Waals surface area (Å²) in [7, 11) is 1.04. The number of hydrogen-bond donors (Lipinski definition) is 0. The van der Waals surface area contributed by atoms with Gasteiger partial charge >= 0.3 is 11.9 Å². The molecule has 0 amide bonds. The molecule has 0 heterocycles. The van der Waals surface area contributed by atoms with Crippen molar-refractivity contribution in [3.63, 3.8) is 0 Å². The summed E-state index contributed by atoms with van der Waals surface area (Å²) in [5.74, 6) is -1.88. The number of carbonyl (C=O) groups is 2. The molecule has 116 valence electrons. The number of nitriles is 1. The van der Waals surface area contributed by atoms with Crippen molar-refractivity contribution in [2.75, 3.05) is 13.7 Å². The maximum atomic E-state index is 12.1. The van der Waals surface area contributed by atoms with Gasteiger partial charge in [-0.1, -0.05) is 12.1 Å². The van der Waals surface area contributed by atoms with Crippen molar-refractivity contribution in [3.8, 4) is 6.07 Å². The number of carbonyl (C=O) groups excluding carboxylic acids is 2. The van der Waals surface area contributed by atoms with E-state index in [4.69, 9.17) is 4.74 Å². The van der Waals surface area contributed by atoms with Crippen LogP contribution in [0, 0.1) is 21.4 Å². The predicted octanol–water partition coefficient (Wildman–Crippen LogP) is 1.48. The Morgan fingerprint density at radius 1 is 1.41 bits per heavy atom. The van der Waals surface area contributed by atoms with Gasteiger partial charge in [-0.15, -0.1) is 0 Å². The Morgan fingerprint density at radius 2 is 2.05 bits per heavy atom. The van der Waals surface area contributed by atoms with Crippen molar-refractivity contribution in [1.29, 1.82) is 5.26 Å². The van der Waals surface area contributed by atoms with Gasteiger partial charge in [-0.3, -0.25) is 14.9 Å². The van der Waals surface area contributed by atoms with Gasteiger partial charge in [-0.05, 0) is 13.0 Å². The van der Waals surface area contributed by atoms with Crippen LogP contribution in [0.25, 0.3) is 0 Å². The summed E-state index contributed by atoms with van der Waals surface area (Å²) in [5.41, 5.74) is -2.79. The summed E-state index contributed by atoms with van der Waals surface area (Å²) in [6.07, 6.45) is -0.672. The molecule has 0 saturated carbocycles. The lowest BCUT2D eigenvalue weighted by atomic mass is 9.78. The first-order valence-corrected chi connectivity index (χ1v) is 6.32. The Balaban J connectivity index is 3.51. The van der Waals surface area contributed by atoms with E-state index in [2.05, 4.69) is 4.74 Å². The highest BCUT2D eigenvalue weighted by Gasteiger charge is 2.48. The molecule has 0 N–H and O–H groups in total. The second-order valence-corrected chi connectivity index (χ2v) is 4.26. The molecule has 8 heteroatoms. The zero-order chi connectivity index (χ0) is 16.8. The number of nitro groups is 1. The van der Waals surface area contributed by atoms with Crippen molar-refractivity contribution in [2.45, 2.75) is 18.8 Å². The molecule has 0 radical (unpaired) electrons. The number of rotatable bonds is 6. The van der Waals surface area contributed by atoms with Crippen molar-refractivity contribution in [1.82, 2.24) is 0 Å². The van der Waals surface area contributed by atoms with E-state index in [0.717, 1.165) is 13.2 Å². The van der Waals surface area contributed by atoms with Gasteiger partial charge in [0, 0.05) is 6.07 Å². The maximum Gasteiger partial charge on any atom is 0.331 e. The van der Waals surface area contributed by atoms with Gasteiger partial charge in [0.05, 0.1) is 36.7 Å². The SMILES string of the molecule is CCOC(=O)CC(C#N)(C(=O)OC)c1ccccc1[N+](=O)[O-]. The average Bonchev–Trinajstić information content (AvgIpc) is 2.52. The van der Waals surface area contributed by atoms with Crippen LogP contribution in [0.15, 0.2) is 24.3 Å². The smallest absolute Gasteiger partial charge is 0.331 e. The fourth-order valence-corrected chi connectivity index (χ4v) is 2.02. The lowest BCUT2D eigenvalue weighted by Crippen LogP contribution is -2.39. The van der Waals surface area contributed by atoms with Gasteiger partial charge in [0.15, 0.2) is 5.41 Å². The molecule has 0 saturated heterocycles. The van der Waals surface area contributed by atoms with Crippen LogP contribution in [0.1, 0.15) is 18.9 Å². The first kappa shape index (κ1) is 17.1. The van der Waals surface area contributed by atoms with Crippen LogP contribution >= 0.6 is 0 Å². The Kier molecular flexibility index (Phi) is 5.57. The highest BCUT2D eigenvalue weighted by Crippen LogP contribution is 2.35. The normalized spacial score (nSPS) is 12.6. The number of ether oxygens (including phenoxy) is 2. The largest absolute Gasteiger partial charge is 0.468 e. The predicted molar refractivity (Wildman–Crippen MR) is 73.7 cm³/mol. The van der Waals surface area contributed by atoms with Crippen molar-refractivity contribution in [3.05, 3.63) is 39.9 Å². The second-order valence-electron chi connectivity index (χ2n) is 4.26. The van der Waals surface area contributed by atoms with Crippen molar-refractivity contribution in [2.24, 2.45) is 0 Å². The summed E-state index contributed by atoms with van der Waals surface area (Å²) in [4.78, 5) is 34.3. The van der Waals surface area contributed by atoms with Crippen LogP contribution in [0.4, 0.5) is 5.69 Å². The van der Waals surface area contributed by atoms with E-state index in [1.165, 1.54) is 18.2 Å². The molecular weight excluding hydrogens is 292 g/mol. The Bertz CT molecular complexity index is 636. The standard InChI is InChI=1S/C14H14N2O6/c1-3-22-12(17)8-14(9-15,13(18)21-2)10-6-4-5-7-11(10)16(19)20/h4-7H,3,8H2,1-2H3. The molecule has 8 nitrogen and oxygen atoms in total. The molecule has 22 heavy (non-hydrogen) atoms. The molecule has 0 aliphatic carbocycles. The monoisotopic (exact) mass is 306 g/mol. The minimum Gasteiger partial charge on any atom is -0.468 e. The van der Waals surface area contributed by atoms with E-state index in [0.29, 0.717) is 0 Å². The van der Waals surface area contributed by atoms with Crippen LogP contribution in [-0.4, -0.2) is 30.6 Å². The van der Waals surface area contributed by atoms with Crippen LogP contribution in [0.3, 0.4) is 0 Å². The number of para-hydroxylation sites is 1. The summed E-state index contributed by atoms with van der Waals surface area (Å²) < 4.78 is 9.33. The number of nitro benzene ring substituents is 1. The average molecular weight is 306 g/mol. The van der Waals surface area contributed by atoms with Crippen LogP contribution in [-0.2, 0) is 24.5 Å². The van der Waals surface area contributed by atoms with Gasteiger partial charge in [0.1, 0.15) is 0 Å². The third kappa shape index (κ3) is 3.20. The highest BCUT2D eigenvalue weighted by molar-refractivity contribution is 5.93. The summed E-state index contributed by atoms with van der Waals surface area (Å²) in [6, 6.07) is 6.91. The van der Waals surface area contributed by atoms with Crippen LogP contribution < -0.4 is 0 Å². The van der Waals surface area contributed by atoms with Gasteiger partial charge < -0.3 is 9.47 Å². The molecule has 1 aromatic rings. The molecule has 0 aliphatic rings. The van der Waals surface area contributed by atoms with E-state index >= 15 is 0 Å². The second kappa shape index (κ2) is 7.17. The van der Waals surface area contributed by atoms with Crippen LogP contribution in [0.5, 0.6) is 0 Å². The van der Waals surface area contributed by atoms with E-state index in [9.17, 15) is 25.0 Å². The molecule has 1 rings (SSSR count). The van der Waals surface area contributed by atoms with E-state index in [1.807, 2.05) is 0 Å². The number of nitrogens with zero attached hydrogens (tertiary/aromatic N) is 2. The Hall–Kier alpha value is -2.95. The number of hydrogen-bond acceptors (Lipinski definition) is 7. The van der Waals surface area contributed by atoms with Crippen molar-refractivity contribution >= 4 is 17.6 Å². The molecule has 1 unspecified atom stereocenters. The lowest BCUT2D eigenvalue weighted by Gasteiger charge is -2.22. The third-order valence-corrected chi connectivity index (χ3v) is 3.00. The minimum absolute atomic E-state index is 0.0540. The van der Waals surface area contributed by atoms with Gasteiger partial charge in [-0.25, -0.2) is 4.79 Å². The number of methoxy groups -OCH3 is 1.